The van der Waals surface area contributed by atoms with Gasteiger partial charge in [0.2, 0.25) is 5.88 Å². The molecule has 2 amide bonds. The molecule has 1 aromatic heterocycles. The van der Waals surface area contributed by atoms with Crippen molar-refractivity contribution in [3.63, 3.8) is 0 Å². The lowest BCUT2D eigenvalue weighted by molar-refractivity contribution is 0.115. The highest BCUT2D eigenvalue weighted by molar-refractivity contribution is 5.90. The fraction of sp³-hybridized carbons (Fsp3) is 0.625. The van der Waals surface area contributed by atoms with E-state index in [1.165, 1.54) is 0 Å². The number of carbonyl (C=O) groups excluding carboxylic acids is 1. The predicted octanol–water partition coefficient (Wildman–Crippen LogP) is 2.51. The summed E-state index contributed by atoms with van der Waals surface area (Å²) in [6, 6.07) is 3.49. The zero-order valence-corrected chi connectivity index (χ0v) is 13.2. The fourth-order valence-electron chi connectivity index (χ4n) is 2.64. The van der Waals surface area contributed by atoms with Crippen molar-refractivity contribution in [2.75, 3.05) is 31.6 Å². The lowest BCUT2D eigenvalue weighted by atomic mass is 10.1. The first-order chi connectivity index (χ1) is 10.6. The zero-order chi connectivity index (χ0) is 15.6. The molecule has 2 aliphatic rings. The van der Waals surface area contributed by atoms with E-state index in [9.17, 15) is 4.79 Å². The van der Waals surface area contributed by atoms with Crippen LogP contribution in [0.1, 0.15) is 26.7 Å². The number of nitrogens with one attached hydrogen (secondary N) is 1. The van der Waals surface area contributed by atoms with E-state index < -0.39 is 0 Å². The molecule has 0 unspecified atom stereocenters. The summed E-state index contributed by atoms with van der Waals surface area (Å²) in [6.45, 7) is 6.61. The second-order valence-electron chi connectivity index (χ2n) is 6.43. The molecule has 1 aromatic rings. The first-order valence-corrected chi connectivity index (χ1v) is 7.83. The van der Waals surface area contributed by atoms with Crippen molar-refractivity contribution >= 4 is 11.7 Å². The van der Waals surface area contributed by atoms with Crippen molar-refractivity contribution in [2.24, 2.45) is 5.41 Å². The second-order valence-corrected chi connectivity index (χ2v) is 6.43. The van der Waals surface area contributed by atoms with Crippen LogP contribution in [-0.4, -0.2) is 48.3 Å². The summed E-state index contributed by atoms with van der Waals surface area (Å²) >= 11 is 0. The normalized spacial score (nSPS) is 19.9. The Bertz CT molecular complexity index is 543. The van der Waals surface area contributed by atoms with Crippen LogP contribution in [0.2, 0.25) is 0 Å². The van der Waals surface area contributed by atoms with Crippen LogP contribution >= 0.6 is 0 Å². The average Bonchev–Trinajstić information content (AvgIpc) is 3.27. The molecular weight excluding hydrogens is 282 g/mol. The molecule has 1 spiro atoms. The topological polar surface area (TPSA) is 63.7 Å². The van der Waals surface area contributed by atoms with Crippen LogP contribution in [0, 0.1) is 5.41 Å². The molecule has 1 aliphatic carbocycles. The summed E-state index contributed by atoms with van der Waals surface area (Å²) < 4.78 is 11.3. The van der Waals surface area contributed by atoms with Crippen LogP contribution in [-0.2, 0) is 4.74 Å². The number of amides is 2. The molecule has 2 fully saturated rings. The van der Waals surface area contributed by atoms with Gasteiger partial charge < -0.3 is 19.7 Å². The van der Waals surface area contributed by atoms with Crippen molar-refractivity contribution < 1.29 is 14.3 Å². The molecule has 1 N–H and O–H groups in total. The Morgan fingerprint density at radius 3 is 3.05 bits per heavy atom. The second kappa shape index (κ2) is 6.12. The number of hydrogen-bond acceptors (Lipinski definition) is 4. The van der Waals surface area contributed by atoms with Gasteiger partial charge in [0.15, 0.2) is 0 Å². The van der Waals surface area contributed by atoms with Gasteiger partial charge in [-0.15, -0.1) is 0 Å². The lowest BCUT2D eigenvalue weighted by Gasteiger charge is -2.24. The molecule has 0 aromatic carbocycles. The third-order valence-electron chi connectivity index (χ3n) is 4.04. The van der Waals surface area contributed by atoms with E-state index in [2.05, 4.69) is 10.3 Å². The molecule has 0 atom stereocenters. The highest BCUT2D eigenvalue weighted by Gasteiger charge is 2.46. The number of pyridine rings is 1. The number of hydrogen-bond donors (Lipinski definition) is 1. The number of rotatable bonds is 3. The van der Waals surface area contributed by atoms with Crippen LogP contribution in [0.25, 0.3) is 0 Å². The third-order valence-corrected chi connectivity index (χ3v) is 4.04. The fourth-order valence-corrected chi connectivity index (χ4v) is 2.64. The Labute approximate surface area is 130 Å². The van der Waals surface area contributed by atoms with E-state index in [1.54, 1.807) is 12.3 Å². The molecule has 2 heterocycles. The van der Waals surface area contributed by atoms with Crippen molar-refractivity contribution in [1.29, 1.82) is 0 Å². The Hall–Kier alpha value is -1.82. The van der Waals surface area contributed by atoms with E-state index in [1.807, 2.05) is 24.8 Å². The Kier molecular flexibility index (Phi) is 4.20. The van der Waals surface area contributed by atoms with Gasteiger partial charge in [-0.05, 0) is 38.8 Å². The standard InChI is InChI=1S/C16H23N3O3/c1-12(2)22-14-13(4-3-7-17-14)18-15(20)19-8-9-21-11-16(10-19)5-6-16/h3-4,7,12H,5-6,8-11H2,1-2H3,(H,18,20). The quantitative estimate of drug-likeness (QED) is 0.932. The van der Waals surface area contributed by atoms with Crippen LogP contribution < -0.4 is 10.1 Å². The largest absolute Gasteiger partial charge is 0.473 e. The maximum Gasteiger partial charge on any atom is 0.322 e. The highest BCUT2D eigenvalue weighted by Crippen LogP contribution is 2.47. The minimum Gasteiger partial charge on any atom is -0.473 e. The van der Waals surface area contributed by atoms with Crippen LogP contribution in [0.5, 0.6) is 5.88 Å². The molecule has 3 rings (SSSR count). The SMILES string of the molecule is CC(C)Oc1ncccc1NC(=O)N1CCOCC2(CC2)C1. The number of anilines is 1. The van der Waals surface area contributed by atoms with Crippen LogP contribution in [0.15, 0.2) is 18.3 Å². The minimum absolute atomic E-state index is 0.00636. The zero-order valence-electron chi connectivity index (χ0n) is 13.2. The maximum absolute atomic E-state index is 12.5. The van der Waals surface area contributed by atoms with Gasteiger partial charge in [-0.2, -0.15) is 0 Å². The van der Waals surface area contributed by atoms with Crippen molar-refractivity contribution in [1.82, 2.24) is 9.88 Å². The van der Waals surface area contributed by atoms with Gasteiger partial charge in [0.05, 0.1) is 19.3 Å². The molecule has 120 valence electrons. The predicted molar refractivity (Wildman–Crippen MR) is 83.1 cm³/mol. The first-order valence-electron chi connectivity index (χ1n) is 7.83. The molecule has 6 heteroatoms. The van der Waals surface area contributed by atoms with Gasteiger partial charge in [0, 0.05) is 24.7 Å². The summed E-state index contributed by atoms with van der Waals surface area (Å²) in [7, 11) is 0. The van der Waals surface area contributed by atoms with E-state index in [0.29, 0.717) is 24.7 Å². The van der Waals surface area contributed by atoms with Crippen LogP contribution in [0.3, 0.4) is 0 Å². The highest BCUT2D eigenvalue weighted by atomic mass is 16.5. The summed E-state index contributed by atoms with van der Waals surface area (Å²) in [4.78, 5) is 18.6. The van der Waals surface area contributed by atoms with Gasteiger partial charge in [-0.3, -0.25) is 0 Å². The third kappa shape index (κ3) is 3.50. The van der Waals surface area contributed by atoms with Crippen LogP contribution in [0.4, 0.5) is 10.5 Å². The minimum atomic E-state index is -0.113. The maximum atomic E-state index is 12.5. The van der Waals surface area contributed by atoms with E-state index >= 15 is 0 Å². The summed E-state index contributed by atoms with van der Waals surface area (Å²) in [6.07, 6.45) is 3.95. The van der Waals surface area contributed by atoms with Gasteiger partial charge in [0.1, 0.15) is 5.69 Å². The van der Waals surface area contributed by atoms with E-state index in [0.717, 1.165) is 26.0 Å². The lowest BCUT2D eigenvalue weighted by Crippen LogP contribution is -2.39. The average molecular weight is 305 g/mol. The van der Waals surface area contributed by atoms with Gasteiger partial charge >= 0.3 is 6.03 Å². The Morgan fingerprint density at radius 1 is 1.50 bits per heavy atom. The van der Waals surface area contributed by atoms with Crippen molar-refractivity contribution in [3.8, 4) is 5.88 Å². The number of carbonyl (C=O) groups is 1. The number of aromatic nitrogens is 1. The molecule has 1 aliphatic heterocycles. The molecular formula is C16H23N3O3. The van der Waals surface area contributed by atoms with Gasteiger partial charge in [-0.1, -0.05) is 0 Å². The Morgan fingerprint density at radius 2 is 2.32 bits per heavy atom. The number of ether oxygens (including phenoxy) is 2. The summed E-state index contributed by atoms with van der Waals surface area (Å²) in [5.74, 6) is 0.457. The first kappa shape index (κ1) is 15.1. The van der Waals surface area contributed by atoms with Gasteiger partial charge in [-0.25, -0.2) is 9.78 Å². The molecule has 0 bridgehead atoms. The van der Waals surface area contributed by atoms with Crippen molar-refractivity contribution in [2.45, 2.75) is 32.8 Å². The van der Waals surface area contributed by atoms with Crippen molar-refractivity contribution in [3.05, 3.63) is 18.3 Å². The molecule has 6 nitrogen and oxygen atoms in total. The van der Waals surface area contributed by atoms with Gasteiger partial charge in [0.25, 0.3) is 0 Å². The molecule has 0 radical (unpaired) electrons. The summed E-state index contributed by atoms with van der Waals surface area (Å²) in [5, 5.41) is 2.92. The number of nitrogens with zero attached hydrogens (tertiary/aromatic N) is 2. The molecule has 22 heavy (non-hydrogen) atoms. The van der Waals surface area contributed by atoms with E-state index in [-0.39, 0.29) is 17.6 Å². The molecule has 1 saturated heterocycles. The monoisotopic (exact) mass is 305 g/mol. The summed E-state index contributed by atoms with van der Waals surface area (Å²) in [5.41, 5.74) is 0.802. The number of urea groups is 1. The molecule has 1 saturated carbocycles. The smallest absolute Gasteiger partial charge is 0.322 e. The Balaban J connectivity index is 1.68. The van der Waals surface area contributed by atoms with E-state index in [4.69, 9.17) is 9.47 Å².